The third kappa shape index (κ3) is 4.24. The summed E-state index contributed by atoms with van der Waals surface area (Å²) in [6.07, 6.45) is 0.0336. The molecule has 0 radical (unpaired) electrons. The summed E-state index contributed by atoms with van der Waals surface area (Å²) < 4.78 is 0.838. The fraction of sp³-hybridized carbons (Fsp3) is 0.333. The van der Waals surface area contributed by atoms with Crippen molar-refractivity contribution in [2.45, 2.75) is 17.7 Å². The second kappa shape index (κ2) is 5.53. The predicted octanol–water partition coefficient (Wildman–Crippen LogP) is 2.92. The Morgan fingerprint density at radius 1 is 1.73 bits per heavy atom. The van der Waals surface area contributed by atoms with Crippen molar-refractivity contribution in [2.24, 2.45) is 0 Å². The maximum atomic E-state index is 10.5. The molecule has 1 N–H and O–H groups in total. The van der Waals surface area contributed by atoms with Gasteiger partial charge in [-0.05, 0) is 6.92 Å². The average Bonchev–Trinajstić information content (AvgIpc) is 2.43. The zero-order valence-electron chi connectivity index (χ0n) is 8.12. The normalized spacial score (nSPS) is 10.3. The van der Waals surface area contributed by atoms with Gasteiger partial charge in [0.1, 0.15) is 0 Å². The van der Waals surface area contributed by atoms with Gasteiger partial charge in [0.25, 0.3) is 0 Å². The van der Waals surface area contributed by atoms with Gasteiger partial charge in [-0.3, -0.25) is 4.79 Å². The number of aliphatic carboxylic acids is 1. The van der Waals surface area contributed by atoms with E-state index in [1.807, 2.05) is 6.92 Å². The van der Waals surface area contributed by atoms with Crippen molar-refractivity contribution in [2.75, 3.05) is 5.75 Å². The van der Waals surface area contributed by atoms with E-state index in [0.29, 0.717) is 10.8 Å². The highest BCUT2D eigenvalue weighted by molar-refractivity contribution is 8.01. The van der Waals surface area contributed by atoms with E-state index >= 15 is 0 Å². The molecule has 3 nitrogen and oxygen atoms in total. The summed E-state index contributed by atoms with van der Waals surface area (Å²) in [7, 11) is 0. The van der Waals surface area contributed by atoms with Crippen LogP contribution in [0.4, 0.5) is 0 Å². The third-order valence-corrected chi connectivity index (χ3v) is 4.22. The molecular weight excluding hydrogens is 254 g/mol. The molecule has 0 aliphatic heterocycles. The van der Waals surface area contributed by atoms with Crippen LogP contribution in [0.2, 0.25) is 0 Å². The van der Waals surface area contributed by atoms with Gasteiger partial charge in [-0.2, -0.15) is 0 Å². The van der Waals surface area contributed by atoms with Crippen LogP contribution in [0.3, 0.4) is 0 Å². The van der Waals surface area contributed by atoms with Gasteiger partial charge in [0.15, 0.2) is 4.34 Å². The number of thiazole rings is 1. The lowest BCUT2D eigenvalue weighted by Crippen LogP contribution is -1.99. The maximum absolute atomic E-state index is 10.5. The van der Waals surface area contributed by atoms with Crippen LogP contribution in [0.1, 0.15) is 10.6 Å². The molecule has 0 amide bonds. The van der Waals surface area contributed by atoms with Crippen molar-refractivity contribution < 1.29 is 9.90 Å². The number of aromatic nitrogens is 1. The molecule has 15 heavy (non-hydrogen) atoms. The van der Waals surface area contributed by atoms with Gasteiger partial charge in [0.05, 0.1) is 12.1 Å². The number of carboxylic acid groups (broad SMARTS) is 1. The molecule has 82 valence electrons. The summed E-state index contributed by atoms with van der Waals surface area (Å²) >= 11 is 8.50. The van der Waals surface area contributed by atoms with Gasteiger partial charge in [-0.1, -0.05) is 29.9 Å². The maximum Gasteiger partial charge on any atom is 0.308 e. The topological polar surface area (TPSA) is 50.2 Å². The van der Waals surface area contributed by atoms with E-state index < -0.39 is 5.97 Å². The SMILES string of the molecule is C=C(Cl)CSc1nc(C)c(CC(=O)O)s1. The highest BCUT2D eigenvalue weighted by Gasteiger charge is 2.11. The average molecular weight is 264 g/mol. The fourth-order valence-corrected chi connectivity index (χ4v) is 3.05. The number of aryl methyl sites for hydroxylation is 1. The van der Waals surface area contributed by atoms with Crippen molar-refractivity contribution in [1.29, 1.82) is 0 Å². The molecule has 1 aromatic heterocycles. The van der Waals surface area contributed by atoms with Gasteiger partial charge < -0.3 is 5.11 Å². The van der Waals surface area contributed by atoms with Crippen LogP contribution in [0.5, 0.6) is 0 Å². The van der Waals surface area contributed by atoms with E-state index in [9.17, 15) is 4.79 Å². The monoisotopic (exact) mass is 263 g/mol. The Balaban J connectivity index is 2.68. The second-order valence-corrected chi connectivity index (χ2v) is 5.71. The predicted molar refractivity (Wildman–Crippen MR) is 63.9 cm³/mol. The number of halogens is 1. The van der Waals surface area contributed by atoms with Crippen LogP contribution < -0.4 is 0 Å². The van der Waals surface area contributed by atoms with Crippen molar-refractivity contribution in [1.82, 2.24) is 4.98 Å². The summed E-state index contributed by atoms with van der Waals surface area (Å²) in [5.74, 6) is -0.235. The van der Waals surface area contributed by atoms with Crippen LogP contribution in [0.25, 0.3) is 0 Å². The number of rotatable bonds is 5. The molecule has 0 aliphatic rings. The zero-order chi connectivity index (χ0) is 11.4. The Bertz CT molecular complexity index is 389. The molecular formula is C9H10ClNO2S2. The minimum absolute atomic E-state index is 0.0336. The van der Waals surface area contributed by atoms with Gasteiger partial charge in [-0.15, -0.1) is 11.3 Å². The second-order valence-electron chi connectivity index (χ2n) is 2.86. The first-order valence-electron chi connectivity index (χ1n) is 4.13. The molecule has 0 atom stereocenters. The number of hydrogen-bond acceptors (Lipinski definition) is 4. The quantitative estimate of drug-likeness (QED) is 0.830. The molecule has 0 fully saturated rings. The molecule has 0 unspecified atom stereocenters. The standard InChI is InChI=1S/C9H10ClNO2S2/c1-5(10)4-14-9-11-6(2)7(15-9)3-8(12)13/h1,3-4H2,2H3,(H,12,13). The summed E-state index contributed by atoms with van der Waals surface area (Å²) in [4.78, 5) is 15.6. The molecule has 1 aromatic rings. The van der Waals surface area contributed by atoms with E-state index in [0.717, 1.165) is 14.9 Å². The Labute approximate surface area is 101 Å². The molecule has 6 heteroatoms. The Morgan fingerprint density at radius 2 is 2.40 bits per heavy atom. The van der Waals surface area contributed by atoms with Gasteiger partial charge >= 0.3 is 5.97 Å². The molecule has 0 saturated heterocycles. The Kier molecular flexibility index (Phi) is 4.63. The number of nitrogens with zero attached hydrogens (tertiary/aromatic N) is 1. The molecule has 1 heterocycles. The first-order chi connectivity index (χ1) is 6.99. The van der Waals surface area contributed by atoms with Crippen LogP contribution >= 0.6 is 34.7 Å². The fourth-order valence-electron chi connectivity index (χ4n) is 0.904. The summed E-state index contributed by atoms with van der Waals surface area (Å²) in [5, 5.41) is 9.22. The van der Waals surface area contributed by atoms with Crippen LogP contribution in [-0.4, -0.2) is 21.8 Å². The van der Waals surface area contributed by atoms with E-state index in [-0.39, 0.29) is 6.42 Å². The number of carboxylic acids is 1. The van der Waals surface area contributed by atoms with E-state index in [1.54, 1.807) is 0 Å². The summed E-state index contributed by atoms with van der Waals surface area (Å²) in [5.41, 5.74) is 0.782. The first kappa shape index (κ1) is 12.5. The van der Waals surface area contributed by atoms with Crippen molar-refractivity contribution in [3.63, 3.8) is 0 Å². The largest absolute Gasteiger partial charge is 0.481 e. The lowest BCUT2D eigenvalue weighted by Gasteiger charge is -1.92. The lowest BCUT2D eigenvalue weighted by atomic mass is 10.3. The van der Waals surface area contributed by atoms with Crippen molar-refractivity contribution >= 4 is 40.7 Å². The molecule has 0 bridgehead atoms. The number of carbonyl (C=O) groups is 1. The summed E-state index contributed by atoms with van der Waals surface area (Å²) in [6, 6.07) is 0. The highest BCUT2D eigenvalue weighted by Crippen LogP contribution is 2.29. The minimum Gasteiger partial charge on any atom is -0.481 e. The smallest absolute Gasteiger partial charge is 0.308 e. The Hall–Kier alpha value is -0.520. The highest BCUT2D eigenvalue weighted by atomic mass is 35.5. The first-order valence-corrected chi connectivity index (χ1v) is 6.31. The third-order valence-electron chi connectivity index (χ3n) is 1.54. The number of thioether (sulfide) groups is 1. The van der Waals surface area contributed by atoms with Crippen LogP contribution in [-0.2, 0) is 11.2 Å². The molecule has 0 aromatic carbocycles. The molecule has 0 saturated carbocycles. The van der Waals surface area contributed by atoms with Gasteiger partial charge in [0, 0.05) is 15.7 Å². The molecule has 0 spiro atoms. The van der Waals surface area contributed by atoms with E-state index in [2.05, 4.69) is 11.6 Å². The minimum atomic E-state index is -0.833. The van der Waals surface area contributed by atoms with E-state index in [1.165, 1.54) is 23.1 Å². The van der Waals surface area contributed by atoms with E-state index in [4.69, 9.17) is 16.7 Å². The lowest BCUT2D eigenvalue weighted by molar-refractivity contribution is -0.136. The van der Waals surface area contributed by atoms with Gasteiger partial charge in [0.2, 0.25) is 0 Å². The zero-order valence-corrected chi connectivity index (χ0v) is 10.5. The number of hydrogen-bond donors (Lipinski definition) is 1. The van der Waals surface area contributed by atoms with Crippen molar-refractivity contribution in [3.05, 3.63) is 22.2 Å². The van der Waals surface area contributed by atoms with Crippen LogP contribution in [0, 0.1) is 6.92 Å². The molecule has 0 aliphatic carbocycles. The summed E-state index contributed by atoms with van der Waals surface area (Å²) in [6.45, 7) is 5.39. The van der Waals surface area contributed by atoms with Gasteiger partial charge in [-0.25, -0.2) is 4.98 Å². The Morgan fingerprint density at radius 3 is 2.93 bits per heavy atom. The van der Waals surface area contributed by atoms with Crippen molar-refractivity contribution in [3.8, 4) is 0 Å². The molecule has 1 rings (SSSR count). The van der Waals surface area contributed by atoms with Crippen LogP contribution in [0.15, 0.2) is 16.0 Å².